The highest BCUT2D eigenvalue weighted by Crippen LogP contribution is 2.20. The average molecular weight is 274 g/mol. The first-order valence-corrected chi connectivity index (χ1v) is 6.18. The molecule has 0 aliphatic carbocycles. The van der Waals surface area contributed by atoms with E-state index in [2.05, 4.69) is 0 Å². The third kappa shape index (κ3) is 3.66. The summed E-state index contributed by atoms with van der Waals surface area (Å²) in [6.45, 7) is 0. The average Bonchev–Trinajstić information content (AvgIpc) is 2.41. The largest absolute Gasteiger partial charge is 0.259 e. The maximum atomic E-state index is 11.1. The van der Waals surface area contributed by atoms with Gasteiger partial charge >= 0.3 is 0 Å². The zero-order valence-corrected chi connectivity index (χ0v) is 10.9. The summed E-state index contributed by atoms with van der Waals surface area (Å²) in [4.78, 5) is 10.7. The Bertz CT molecular complexity index is 609. The molecule has 0 spiro atoms. The van der Waals surface area contributed by atoms with Gasteiger partial charge in [0.2, 0.25) is 0 Å². The molecule has 0 heterocycles. The van der Waals surface area contributed by atoms with E-state index < -0.39 is 0 Å². The summed E-state index contributed by atoms with van der Waals surface area (Å²) in [5, 5.41) is 11.6. The lowest BCUT2D eigenvalue weighted by atomic mass is 10.1. The molecule has 0 aliphatic rings. The SMILES string of the molecule is O=[N+]([O-])C(=Cc1ccccc1Cl)Cc1ccccc1. The van der Waals surface area contributed by atoms with Crippen molar-refractivity contribution in [2.24, 2.45) is 0 Å². The number of hydrogen-bond acceptors (Lipinski definition) is 2. The molecular weight excluding hydrogens is 262 g/mol. The van der Waals surface area contributed by atoms with Gasteiger partial charge in [-0.2, -0.15) is 0 Å². The van der Waals surface area contributed by atoms with Crippen LogP contribution in [0.2, 0.25) is 5.02 Å². The Labute approximate surface area is 116 Å². The van der Waals surface area contributed by atoms with Gasteiger partial charge in [-0.25, -0.2) is 0 Å². The zero-order valence-electron chi connectivity index (χ0n) is 10.1. The Hall–Kier alpha value is -2.13. The second kappa shape index (κ2) is 6.16. The predicted octanol–water partition coefficient (Wildman–Crippen LogP) is 4.20. The van der Waals surface area contributed by atoms with Crippen molar-refractivity contribution in [3.05, 3.63) is 86.6 Å². The van der Waals surface area contributed by atoms with Crippen molar-refractivity contribution in [3.63, 3.8) is 0 Å². The Kier molecular flexibility index (Phi) is 4.31. The molecule has 2 rings (SSSR count). The quantitative estimate of drug-likeness (QED) is 0.619. The number of rotatable bonds is 4. The van der Waals surface area contributed by atoms with Crippen molar-refractivity contribution < 1.29 is 4.92 Å². The van der Waals surface area contributed by atoms with E-state index in [0.717, 1.165) is 5.56 Å². The first kappa shape index (κ1) is 13.3. The van der Waals surface area contributed by atoms with Crippen molar-refractivity contribution in [2.45, 2.75) is 6.42 Å². The van der Waals surface area contributed by atoms with E-state index in [9.17, 15) is 10.1 Å². The highest BCUT2D eigenvalue weighted by atomic mass is 35.5. The molecule has 4 heteroatoms. The van der Waals surface area contributed by atoms with Crippen molar-refractivity contribution >= 4 is 17.7 Å². The number of halogens is 1. The van der Waals surface area contributed by atoms with Gasteiger partial charge in [-0.1, -0.05) is 60.1 Å². The summed E-state index contributed by atoms with van der Waals surface area (Å²) in [6, 6.07) is 16.4. The fourth-order valence-electron chi connectivity index (χ4n) is 1.74. The van der Waals surface area contributed by atoms with Crippen molar-refractivity contribution in [1.82, 2.24) is 0 Å². The van der Waals surface area contributed by atoms with Crippen LogP contribution >= 0.6 is 11.6 Å². The summed E-state index contributed by atoms with van der Waals surface area (Å²) in [5.41, 5.74) is 1.68. The lowest BCUT2D eigenvalue weighted by Gasteiger charge is -2.01. The molecular formula is C15H12ClNO2. The molecule has 0 saturated carbocycles. The number of hydrogen-bond donors (Lipinski definition) is 0. The van der Waals surface area contributed by atoms with Crippen LogP contribution in [0.4, 0.5) is 0 Å². The van der Waals surface area contributed by atoms with Crippen LogP contribution in [0, 0.1) is 10.1 Å². The summed E-state index contributed by atoms with van der Waals surface area (Å²) in [6.07, 6.45) is 1.80. The smallest absolute Gasteiger partial charge is 0.251 e. The minimum Gasteiger partial charge on any atom is -0.259 e. The molecule has 0 amide bonds. The van der Waals surface area contributed by atoms with E-state index in [1.54, 1.807) is 24.3 Å². The molecule has 0 aromatic heterocycles. The van der Waals surface area contributed by atoms with Gasteiger partial charge in [0.05, 0.1) is 11.3 Å². The predicted molar refractivity (Wildman–Crippen MR) is 76.6 cm³/mol. The molecule has 0 aliphatic heterocycles. The van der Waals surface area contributed by atoms with Crippen LogP contribution in [0.1, 0.15) is 11.1 Å². The van der Waals surface area contributed by atoms with Gasteiger partial charge in [0, 0.05) is 11.1 Å². The maximum Gasteiger partial charge on any atom is 0.251 e. The molecule has 0 fully saturated rings. The molecule has 19 heavy (non-hydrogen) atoms. The summed E-state index contributed by atoms with van der Waals surface area (Å²) in [5.74, 6) is 0. The monoisotopic (exact) mass is 273 g/mol. The van der Waals surface area contributed by atoms with Gasteiger partial charge < -0.3 is 0 Å². The number of nitrogens with zero attached hydrogens (tertiary/aromatic N) is 1. The molecule has 0 N–H and O–H groups in total. The summed E-state index contributed by atoms with van der Waals surface area (Å²) < 4.78 is 0. The van der Waals surface area contributed by atoms with Gasteiger partial charge in [0.25, 0.3) is 5.70 Å². The van der Waals surface area contributed by atoms with Crippen molar-refractivity contribution in [1.29, 1.82) is 0 Å². The van der Waals surface area contributed by atoms with E-state index in [0.29, 0.717) is 10.6 Å². The van der Waals surface area contributed by atoms with Crippen molar-refractivity contribution in [2.75, 3.05) is 0 Å². The molecule has 2 aromatic rings. The lowest BCUT2D eigenvalue weighted by molar-refractivity contribution is -0.425. The molecule has 0 saturated heterocycles. The second-order valence-electron chi connectivity index (χ2n) is 4.08. The molecule has 2 aromatic carbocycles. The Morgan fingerprint density at radius 1 is 1.11 bits per heavy atom. The minimum absolute atomic E-state index is 0.124. The van der Waals surface area contributed by atoms with Gasteiger partial charge in [-0.05, 0) is 17.2 Å². The van der Waals surface area contributed by atoms with Gasteiger partial charge in [0.15, 0.2) is 0 Å². The van der Waals surface area contributed by atoms with Crippen LogP contribution in [0.3, 0.4) is 0 Å². The zero-order chi connectivity index (χ0) is 13.7. The molecule has 96 valence electrons. The highest BCUT2D eigenvalue weighted by molar-refractivity contribution is 6.32. The Balaban J connectivity index is 2.31. The van der Waals surface area contributed by atoms with Crippen LogP contribution in [0.5, 0.6) is 0 Å². The van der Waals surface area contributed by atoms with Crippen LogP contribution in [-0.4, -0.2) is 4.92 Å². The second-order valence-corrected chi connectivity index (χ2v) is 4.48. The van der Waals surface area contributed by atoms with Crippen LogP contribution in [-0.2, 0) is 6.42 Å². The van der Waals surface area contributed by atoms with E-state index in [4.69, 9.17) is 11.6 Å². The normalized spacial score (nSPS) is 11.3. The number of benzene rings is 2. The Morgan fingerprint density at radius 3 is 2.37 bits per heavy atom. The molecule has 0 unspecified atom stereocenters. The fraction of sp³-hybridized carbons (Fsp3) is 0.0667. The molecule has 0 bridgehead atoms. The topological polar surface area (TPSA) is 43.1 Å². The highest BCUT2D eigenvalue weighted by Gasteiger charge is 2.12. The fourth-order valence-corrected chi connectivity index (χ4v) is 1.94. The number of nitro groups is 1. The minimum atomic E-state index is -0.365. The van der Waals surface area contributed by atoms with Gasteiger partial charge in [-0.3, -0.25) is 10.1 Å². The van der Waals surface area contributed by atoms with E-state index in [1.807, 2.05) is 30.3 Å². The first-order chi connectivity index (χ1) is 9.16. The lowest BCUT2D eigenvalue weighted by Crippen LogP contribution is -2.02. The van der Waals surface area contributed by atoms with Crippen molar-refractivity contribution in [3.8, 4) is 0 Å². The molecule has 0 atom stereocenters. The summed E-state index contributed by atoms with van der Waals surface area (Å²) in [7, 11) is 0. The number of allylic oxidation sites excluding steroid dienone is 1. The summed E-state index contributed by atoms with van der Waals surface area (Å²) >= 11 is 6.01. The molecule has 3 nitrogen and oxygen atoms in total. The van der Waals surface area contributed by atoms with Crippen LogP contribution < -0.4 is 0 Å². The third-order valence-electron chi connectivity index (χ3n) is 2.69. The third-order valence-corrected chi connectivity index (χ3v) is 3.03. The van der Waals surface area contributed by atoms with Gasteiger partial charge in [0.1, 0.15) is 0 Å². The maximum absolute atomic E-state index is 11.1. The standard InChI is InChI=1S/C15H12ClNO2/c16-15-9-5-4-8-13(15)11-14(17(18)19)10-12-6-2-1-3-7-12/h1-9,11H,10H2. The van der Waals surface area contributed by atoms with Crippen LogP contribution in [0.15, 0.2) is 60.3 Å². The molecule has 0 radical (unpaired) electrons. The van der Waals surface area contributed by atoms with Crippen LogP contribution in [0.25, 0.3) is 6.08 Å². The van der Waals surface area contributed by atoms with E-state index >= 15 is 0 Å². The van der Waals surface area contributed by atoms with E-state index in [-0.39, 0.29) is 17.0 Å². The van der Waals surface area contributed by atoms with E-state index in [1.165, 1.54) is 6.08 Å². The van der Waals surface area contributed by atoms with Gasteiger partial charge in [-0.15, -0.1) is 0 Å². The first-order valence-electron chi connectivity index (χ1n) is 5.80. The Morgan fingerprint density at radius 2 is 1.74 bits per heavy atom.